The number of carboxylic acid groups (broad SMARTS) is 1. The van der Waals surface area contributed by atoms with Crippen molar-refractivity contribution < 1.29 is 27.9 Å². The van der Waals surface area contributed by atoms with Gasteiger partial charge in [0.05, 0.1) is 27.7 Å². The highest BCUT2D eigenvalue weighted by atomic mass is 35.5. The van der Waals surface area contributed by atoms with Gasteiger partial charge in [0.25, 0.3) is 5.91 Å². The molecule has 0 aromatic heterocycles. The fourth-order valence-corrected chi connectivity index (χ4v) is 6.60. The second kappa shape index (κ2) is 11.0. The van der Waals surface area contributed by atoms with Gasteiger partial charge >= 0.3 is 5.97 Å². The number of carboxylic acids is 1. The number of nitrogens with one attached hydrogen (secondary N) is 2. The van der Waals surface area contributed by atoms with E-state index in [9.17, 15) is 27.9 Å². The summed E-state index contributed by atoms with van der Waals surface area (Å²) in [4.78, 5) is 36.8. The van der Waals surface area contributed by atoms with E-state index in [4.69, 9.17) is 23.2 Å². The Bertz CT molecular complexity index is 1190. The minimum absolute atomic E-state index is 0.0373. The molecule has 13 heteroatoms. The monoisotopic (exact) mass is 545 g/mol. The normalized spacial score (nSPS) is 17.2. The van der Waals surface area contributed by atoms with Crippen LogP contribution in [0.3, 0.4) is 0 Å². The third kappa shape index (κ3) is 6.42. The number of rotatable bonds is 8. The third-order valence-electron chi connectivity index (χ3n) is 5.03. The number of hydrogen-bond donors (Lipinski definition) is 3. The molecule has 9 nitrogen and oxygen atoms in total. The van der Waals surface area contributed by atoms with Crippen LogP contribution in [0.5, 0.6) is 0 Å². The lowest BCUT2D eigenvalue weighted by atomic mass is 10.0. The molecule has 1 saturated heterocycles. The molecule has 0 unspecified atom stereocenters. The van der Waals surface area contributed by atoms with Crippen molar-refractivity contribution >= 4 is 68.5 Å². The Labute approximate surface area is 210 Å². The minimum atomic E-state index is -3.60. The Morgan fingerprint density at radius 2 is 1.76 bits per heavy atom. The van der Waals surface area contributed by atoms with Crippen LogP contribution in [0.15, 0.2) is 42.5 Å². The van der Waals surface area contributed by atoms with Crippen molar-refractivity contribution in [3.63, 3.8) is 0 Å². The van der Waals surface area contributed by atoms with Gasteiger partial charge < -0.3 is 15.7 Å². The maximum Gasteiger partial charge on any atom is 0.326 e. The number of thioether (sulfide) groups is 1. The molecule has 2 aromatic rings. The number of hydrogen-bond acceptors (Lipinski definition) is 6. The van der Waals surface area contributed by atoms with E-state index < -0.39 is 39.9 Å². The quantitative estimate of drug-likeness (QED) is 0.464. The molecule has 2 aromatic carbocycles. The molecular weight excluding hydrogens is 525 g/mol. The molecule has 2 atom stereocenters. The second-order valence-corrected chi connectivity index (χ2v) is 11.3. The number of benzene rings is 2. The van der Waals surface area contributed by atoms with Gasteiger partial charge in [0.2, 0.25) is 15.9 Å². The Morgan fingerprint density at radius 3 is 2.32 bits per heavy atom. The zero-order valence-corrected chi connectivity index (χ0v) is 21.0. The summed E-state index contributed by atoms with van der Waals surface area (Å²) >= 11 is 13.4. The summed E-state index contributed by atoms with van der Waals surface area (Å²) in [7, 11) is -3.60. The average molecular weight is 546 g/mol. The summed E-state index contributed by atoms with van der Waals surface area (Å²) in [5.74, 6) is -2.03. The zero-order valence-electron chi connectivity index (χ0n) is 17.8. The fraction of sp³-hybridized carbons (Fsp3) is 0.286. The van der Waals surface area contributed by atoms with Gasteiger partial charge in [0.15, 0.2) is 0 Å². The predicted molar refractivity (Wildman–Crippen MR) is 132 cm³/mol. The van der Waals surface area contributed by atoms with E-state index in [-0.39, 0.29) is 33.7 Å². The maximum atomic E-state index is 12.6. The summed E-state index contributed by atoms with van der Waals surface area (Å²) in [6.07, 6.45) is 0.970. The van der Waals surface area contributed by atoms with E-state index in [1.807, 2.05) is 0 Å². The molecule has 0 saturated carbocycles. The maximum absolute atomic E-state index is 12.6. The van der Waals surface area contributed by atoms with Crippen LogP contribution in [-0.4, -0.2) is 65.6 Å². The van der Waals surface area contributed by atoms with Crippen LogP contribution in [-0.2, 0) is 26.0 Å². The van der Waals surface area contributed by atoms with E-state index in [1.165, 1.54) is 11.8 Å². The molecule has 1 aliphatic heterocycles. The Kier molecular flexibility index (Phi) is 8.47. The number of anilines is 1. The number of carbonyl (C=O) groups is 3. The number of nitrogens with zero attached hydrogens (tertiary/aromatic N) is 1. The smallest absolute Gasteiger partial charge is 0.326 e. The molecule has 34 heavy (non-hydrogen) atoms. The Balaban J connectivity index is 1.66. The van der Waals surface area contributed by atoms with Gasteiger partial charge in [-0.1, -0.05) is 41.4 Å². The number of halogens is 2. The van der Waals surface area contributed by atoms with Gasteiger partial charge in [0, 0.05) is 17.9 Å². The van der Waals surface area contributed by atoms with Crippen LogP contribution >= 0.6 is 35.0 Å². The highest BCUT2D eigenvalue weighted by Crippen LogP contribution is 2.26. The van der Waals surface area contributed by atoms with Gasteiger partial charge in [0.1, 0.15) is 12.1 Å². The van der Waals surface area contributed by atoms with Crippen molar-refractivity contribution in [3.8, 4) is 0 Å². The van der Waals surface area contributed by atoms with E-state index in [0.717, 1.165) is 10.6 Å². The van der Waals surface area contributed by atoms with Gasteiger partial charge in [-0.05, 0) is 29.8 Å². The predicted octanol–water partition coefficient (Wildman–Crippen LogP) is 2.69. The van der Waals surface area contributed by atoms with Crippen molar-refractivity contribution in [1.29, 1.82) is 0 Å². The molecule has 0 bridgehead atoms. The van der Waals surface area contributed by atoms with Crippen molar-refractivity contribution in [2.24, 2.45) is 0 Å². The molecule has 1 fully saturated rings. The number of sulfonamides is 1. The first-order chi connectivity index (χ1) is 16.0. The zero-order chi connectivity index (χ0) is 25.0. The summed E-state index contributed by atoms with van der Waals surface area (Å²) in [5, 5.41) is 15.1. The lowest BCUT2D eigenvalue weighted by Gasteiger charge is -2.23. The first kappa shape index (κ1) is 26.3. The first-order valence-electron chi connectivity index (χ1n) is 9.89. The van der Waals surface area contributed by atoms with Crippen LogP contribution < -0.4 is 10.6 Å². The topological polar surface area (TPSA) is 133 Å². The molecule has 3 N–H and O–H groups in total. The van der Waals surface area contributed by atoms with Crippen LogP contribution in [0.4, 0.5) is 5.69 Å². The number of carbonyl (C=O) groups excluding carboxylic acids is 2. The highest BCUT2D eigenvalue weighted by Gasteiger charge is 2.38. The molecule has 3 rings (SSSR count). The summed E-state index contributed by atoms with van der Waals surface area (Å²) < 4.78 is 24.8. The molecule has 1 aliphatic rings. The standard InChI is InChI=1S/C21H21Cl2N3O6S2/c1-34(31,32)26-11-33-10-17(26)19(27)25-16(21(29)30)9-12-5-7-13(8-6-12)24-20(28)18-14(22)3-2-4-15(18)23/h2-8,16-17H,9-11H2,1H3,(H,24,28)(H,25,27)(H,29,30)/t16-,17+/m0/s1. The second-order valence-electron chi connectivity index (χ2n) is 7.52. The first-order valence-corrected chi connectivity index (χ1v) is 13.7. The van der Waals surface area contributed by atoms with E-state index in [1.54, 1.807) is 42.5 Å². The van der Waals surface area contributed by atoms with Crippen LogP contribution in [0.1, 0.15) is 15.9 Å². The van der Waals surface area contributed by atoms with Gasteiger partial charge in [-0.15, -0.1) is 11.8 Å². The number of aliphatic carboxylic acids is 1. The SMILES string of the molecule is CS(=O)(=O)N1CSC[C@@H]1C(=O)N[C@@H](Cc1ccc(NC(=O)c2c(Cl)cccc2Cl)cc1)C(=O)O. The van der Waals surface area contributed by atoms with Gasteiger partial charge in [-0.3, -0.25) is 9.59 Å². The van der Waals surface area contributed by atoms with Gasteiger partial charge in [-0.25, -0.2) is 13.2 Å². The van der Waals surface area contributed by atoms with E-state index in [2.05, 4.69) is 10.6 Å². The van der Waals surface area contributed by atoms with Crippen LogP contribution in [0.25, 0.3) is 0 Å². The molecular formula is C21H21Cl2N3O6S2. The highest BCUT2D eigenvalue weighted by molar-refractivity contribution is 8.00. The molecule has 2 amide bonds. The molecule has 0 spiro atoms. The van der Waals surface area contributed by atoms with Crippen molar-refractivity contribution in [2.45, 2.75) is 18.5 Å². The average Bonchev–Trinajstić information content (AvgIpc) is 3.25. The van der Waals surface area contributed by atoms with Crippen molar-refractivity contribution in [3.05, 3.63) is 63.6 Å². The van der Waals surface area contributed by atoms with Gasteiger partial charge in [-0.2, -0.15) is 4.31 Å². The van der Waals surface area contributed by atoms with Crippen LogP contribution in [0.2, 0.25) is 10.0 Å². The largest absolute Gasteiger partial charge is 0.480 e. The summed E-state index contributed by atoms with van der Waals surface area (Å²) in [6, 6.07) is 8.88. The third-order valence-corrected chi connectivity index (χ3v) is 8.07. The summed E-state index contributed by atoms with van der Waals surface area (Å²) in [6.45, 7) is 0. The van der Waals surface area contributed by atoms with E-state index in [0.29, 0.717) is 11.3 Å². The fourth-order valence-electron chi connectivity index (χ4n) is 3.30. The molecule has 1 heterocycles. The Hall–Kier alpha value is -2.31. The number of amides is 2. The molecule has 0 aliphatic carbocycles. The lowest BCUT2D eigenvalue weighted by molar-refractivity contribution is -0.142. The van der Waals surface area contributed by atoms with E-state index >= 15 is 0 Å². The summed E-state index contributed by atoms with van der Waals surface area (Å²) in [5.41, 5.74) is 1.16. The van der Waals surface area contributed by atoms with Crippen molar-refractivity contribution in [1.82, 2.24) is 9.62 Å². The lowest BCUT2D eigenvalue weighted by Crippen LogP contribution is -2.52. The molecule has 0 radical (unpaired) electrons. The van der Waals surface area contributed by atoms with Crippen LogP contribution in [0, 0.1) is 0 Å². The minimum Gasteiger partial charge on any atom is -0.480 e. The van der Waals surface area contributed by atoms with Crippen molar-refractivity contribution in [2.75, 3.05) is 23.2 Å². The Morgan fingerprint density at radius 1 is 1.15 bits per heavy atom. The molecule has 182 valence electrons.